The van der Waals surface area contributed by atoms with Gasteiger partial charge in [0.2, 0.25) is 0 Å². The topological polar surface area (TPSA) is 70.9 Å². The number of fused-ring (bicyclic) bond motifs is 1. The van der Waals surface area contributed by atoms with Crippen molar-refractivity contribution < 1.29 is 14.7 Å². The van der Waals surface area contributed by atoms with Gasteiger partial charge in [-0.1, -0.05) is 78.3 Å². The first kappa shape index (κ1) is 26.3. The number of ether oxygens (including phenoxy) is 1. The zero-order chi connectivity index (χ0) is 26.5. The lowest BCUT2D eigenvalue weighted by molar-refractivity contribution is 0.0954. The Morgan fingerprint density at radius 2 is 1.92 bits per heavy atom. The van der Waals surface area contributed by atoms with Gasteiger partial charge in [-0.25, -0.2) is 0 Å². The summed E-state index contributed by atoms with van der Waals surface area (Å²) in [5, 5.41) is 17.0. The number of methoxy groups -OCH3 is 1. The zero-order valence-electron chi connectivity index (χ0n) is 21.6. The Kier molecular flexibility index (Phi) is 8.35. The van der Waals surface area contributed by atoms with Crippen molar-refractivity contribution >= 4 is 34.7 Å². The van der Waals surface area contributed by atoms with Crippen LogP contribution in [0.25, 0.3) is 0 Å². The highest BCUT2D eigenvalue weighted by Crippen LogP contribution is 2.45. The molecule has 2 N–H and O–H groups in total. The number of thioether (sulfide) groups is 1. The molecule has 5 nitrogen and oxygen atoms in total. The Balaban J connectivity index is 1.46. The van der Waals surface area contributed by atoms with E-state index in [1.807, 2.05) is 42.5 Å². The third kappa shape index (κ3) is 5.89. The van der Waals surface area contributed by atoms with Crippen molar-refractivity contribution in [3.63, 3.8) is 0 Å². The average molecular weight is 545 g/mol. The van der Waals surface area contributed by atoms with Crippen molar-refractivity contribution in [3.05, 3.63) is 106 Å². The summed E-state index contributed by atoms with van der Waals surface area (Å²) in [4.78, 5) is 14.2. The summed E-state index contributed by atoms with van der Waals surface area (Å²) in [7, 11) is 1.66. The molecule has 2 atom stereocenters. The van der Waals surface area contributed by atoms with Crippen LogP contribution in [-0.2, 0) is 13.0 Å². The summed E-state index contributed by atoms with van der Waals surface area (Å²) >= 11 is 3.27. The molecule has 0 saturated heterocycles. The van der Waals surface area contributed by atoms with Gasteiger partial charge in [0.15, 0.2) is 0 Å². The van der Waals surface area contributed by atoms with Crippen LogP contribution < -0.4 is 10.1 Å². The molecule has 1 amide bonds. The number of amides is 1. The van der Waals surface area contributed by atoms with Gasteiger partial charge in [-0.3, -0.25) is 4.79 Å². The fraction of sp³-hybridized carbons (Fsp3) is 0.290. The number of nitrogens with zero attached hydrogens (tertiary/aromatic N) is 1. The molecule has 0 radical (unpaired) electrons. The molecule has 0 fully saturated rings. The Morgan fingerprint density at radius 1 is 1.13 bits per heavy atom. The summed E-state index contributed by atoms with van der Waals surface area (Å²) in [6.07, 6.45) is 8.94. The normalized spacial score (nSPS) is 19.6. The van der Waals surface area contributed by atoms with E-state index in [4.69, 9.17) is 4.74 Å². The van der Waals surface area contributed by atoms with E-state index in [-0.39, 0.29) is 11.8 Å². The van der Waals surface area contributed by atoms with Gasteiger partial charge in [-0.05, 0) is 53.5 Å². The number of thiophene rings is 1. The first-order valence-corrected chi connectivity index (χ1v) is 14.7. The van der Waals surface area contributed by atoms with Gasteiger partial charge in [-0.2, -0.15) is 0 Å². The molecular formula is C31H32N2O3S2. The van der Waals surface area contributed by atoms with Gasteiger partial charge < -0.3 is 15.3 Å². The van der Waals surface area contributed by atoms with Crippen LogP contribution in [0.2, 0.25) is 0 Å². The molecule has 1 heterocycles. The second-order valence-corrected chi connectivity index (χ2v) is 12.1. The summed E-state index contributed by atoms with van der Waals surface area (Å²) in [5.41, 5.74) is 6.16. The molecule has 38 heavy (non-hydrogen) atoms. The van der Waals surface area contributed by atoms with Crippen molar-refractivity contribution in [1.29, 1.82) is 0 Å². The van der Waals surface area contributed by atoms with Crippen LogP contribution in [0, 0.1) is 5.92 Å². The summed E-state index contributed by atoms with van der Waals surface area (Å²) in [5.74, 6) is 2.22. The van der Waals surface area contributed by atoms with Gasteiger partial charge in [0.05, 0.1) is 21.9 Å². The van der Waals surface area contributed by atoms with Gasteiger partial charge in [0, 0.05) is 24.3 Å². The molecule has 2 aromatic carbocycles. The average Bonchev–Trinajstić information content (AvgIpc) is 3.33. The molecule has 0 bridgehead atoms. The number of carbonyl (C=O) groups is 1. The number of hydrogen-bond donors (Lipinski definition) is 2. The molecular weight excluding hydrogens is 512 g/mol. The summed E-state index contributed by atoms with van der Waals surface area (Å²) in [6.45, 7) is 2.70. The minimum absolute atomic E-state index is 0.0805. The van der Waals surface area contributed by atoms with Crippen LogP contribution in [0.4, 0.5) is 0 Å². The quantitative estimate of drug-likeness (QED) is 0.179. The van der Waals surface area contributed by atoms with Crippen molar-refractivity contribution in [2.24, 2.45) is 11.1 Å². The summed E-state index contributed by atoms with van der Waals surface area (Å²) < 4.78 is 6.38. The number of nitrogens with one attached hydrogen (secondary N) is 1. The molecule has 0 unspecified atom stereocenters. The number of carbonyl (C=O) groups excluding carboxylic acids is 1. The highest BCUT2D eigenvalue weighted by atomic mass is 32.2. The van der Waals surface area contributed by atoms with Gasteiger partial charge in [-0.15, -0.1) is 23.1 Å². The summed E-state index contributed by atoms with van der Waals surface area (Å²) in [6, 6.07) is 18.0. The number of hydrogen-bond acceptors (Lipinski definition) is 6. The maximum absolute atomic E-state index is 13.5. The van der Waals surface area contributed by atoms with E-state index in [1.165, 1.54) is 16.9 Å². The Hall–Kier alpha value is -3.29. The Labute approximate surface area is 232 Å². The lowest BCUT2D eigenvalue weighted by atomic mass is 9.80. The Morgan fingerprint density at radius 3 is 2.63 bits per heavy atom. The van der Waals surface area contributed by atoms with Crippen LogP contribution in [0.5, 0.6) is 5.75 Å². The van der Waals surface area contributed by atoms with E-state index in [0.717, 1.165) is 44.4 Å². The van der Waals surface area contributed by atoms with E-state index >= 15 is 0 Å². The van der Waals surface area contributed by atoms with Crippen LogP contribution in [-0.4, -0.2) is 29.7 Å². The van der Waals surface area contributed by atoms with Crippen molar-refractivity contribution in [2.45, 2.75) is 42.9 Å². The van der Waals surface area contributed by atoms with Crippen molar-refractivity contribution in [2.75, 3.05) is 12.9 Å². The maximum atomic E-state index is 13.5. The third-order valence-electron chi connectivity index (χ3n) is 7.11. The largest absolute Gasteiger partial charge is 0.497 e. The van der Waals surface area contributed by atoms with Gasteiger partial charge in [0.25, 0.3) is 5.91 Å². The molecule has 0 spiro atoms. The van der Waals surface area contributed by atoms with E-state index in [0.29, 0.717) is 35.9 Å². The minimum Gasteiger partial charge on any atom is -0.497 e. The van der Waals surface area contributed by atoms with Crippen LogP contribution >= 0.6 is 23.1 Å². The molecule has 2 aliphatic rings. The molecule has 1 aromatic heterocycles. The lowest BCUT2D eigenvalue weighted by Crippen LogP contribution is -2.25. The number of allylic oxidation sites excluding steroid dienone is 3. The molecule has 2 aliphatic carbocycles. The smallest absolute Gasteiger partial charge is 0.261 e. The second kappa shape index (κ2) is 12.0. The molecule has 5 rings (SSSR count). The highest BCUT2D eigenvalue weighted by Gasteiger charge is 2.34. The monoisotopic (exact) mass is 544 g/mol. The van der Waals surface area contributed by atoms with Gasteiger partial charge >= 0.3 is 0 Å². The lowest BCUT2D eigenvalue weighted by Gasteiger charge is -2.25. The van der Waals surface area contributed by atoms with Crippen molar-refractivity contribution in [3.8, 4) is 5.75 Å². The predicted octanol–water partition coefficient (Wildman–Crippen LogP) is 7.21. The maximum Gasteiger partial charge on any atom is 0.261 e. The second-order valence-electron chi connectivity index (χ2n) is 9.85. The minimum atomic E-state index is -0.0805. The first-order chi connectivity index (χ1) is 18.6. The molecule has 3 aromatic rings. The Bertz CT molecular complexity index is 1370. The highest BCUT2D eigenvalue weighted by molar-refractivity contribution is 8.01. The molecule has 0 saturated carbocycles. The van der Waals surface area contributed by atoms with E-state index in [9.17, 15) is 10.0 Å². The van der Waals surface area contributed by atoms with E-state index in [1.54, 1.807) is 18.9 Å². The first-order valence-electron chi connectivity index (χ1n) is 12.9. The zero-order valence-corrected chi connectivity index (χ0v) is 23.3. The molecule has 196 valence electrons. The van der Waals surface area contributed by atoms with Crippen LogP contribution in [0.15, 0.2) is 87.8 Å². The number of rotatable bonds is 8. The standard InChI is InChI=1S/C31H32N2O3S2/c1-20-7-6-10-22(15-20)19-37-31-28-26(29(38-31)30(34)32-18-21-8-4-3-5-9-21)16-24(17-27(28)33-35)23-11-13-25(36-2)14-12-23/h3-14,20,24,35H,15-19H2,1-2H3,(H,32,34)/b33-27+/t20-,24-/m1/s1. The third-order valence-corrected chi connectivity index (χ3v) is 9.72. The van der Waals surface area contributed by atoms with Crippen LogP contribution in [0.3, 0.4) is 0 Å². The van der Waals surface area contributed by atoms with Gasteiger partial charge in [0.1, 0.15) is 5.75 Å². The predicted molar refractivity (Wildman–Crippen MR) is 156 cm³/mol. The van der Waals surface area contributed by atoms with E-state index < -0.39 is 0 Å². The fourth-order valence-corrected chi connectivity index (χ4v) is 7.71. The SMILES string of the molecule is COc1ccc([C@H]2C/C(=N\O)c3c(SCC4=CC=C[C@@H](C)C4)sc(C(=O)NCc4ccccc4)c3C2)cc1. The van der Waals surface area contributed by atoms with Crippen molar-refractivity contribution in [1.82, 2.24) is 5.32 Å². The van der Waals surface area contributed by atoms with E-state index in [2.05, 4.69) is 47.8 Å². The fourth-order valence-electron chi connectivity index (χ4n) is 5.13. The molecule has 7 heteroatoms. The number of benzene rings is 2. The van der Waals surface area contributed by atoms with Crippen LogP contribution in [0.1, 0.15) is 57.6 Å². The molecule has 0 aliphatic heterocycles. The number of oxime groups is 1.